The third kappa shape index (κ3) is 3.33. The molecule has 0 aromatic carbocycles. The van der Waals surface area contributed by atoms with Crippen LogP contribution in [0.15, 0.2) is 35.5 Å². The molecule has 6 nitrogen and oxygen atoms in total. The van der Waals surface area contributed by atoms with Crippen molar-refractivity contribution in [2.75, 3.05) is 6.54 Å². The van der Waals surface area contributed by atoms with Crippen LogP contribution < -0.4 is 5.56 Å². The molecule has 1 saturated heterocycles. The molecule has 21 heavy (non-hydrogen) atoms. The Balaban J connectivity index is 1.69. The van der Waals surface area contributed by atoms with Crippen molar-refractivity contribution < 1.29 is 0 Å². The van der Waals surface area contributed by atoms with Gasteiger partial charge in [-0.15, -0.1) is 0 Å². The van der Waals surface area contributed by atoms with Gasteiger partial charge in [-0.05, 0) is 32.4 Å². The van der Waals surface area contributed by atoms with Gasteiger partial charge in [0.05, 0.1) is 17.9 Å². The highest BCUT2D eigenvalue weighted by atomic mass is 16.1. The number of rotatable bonds is 4. The molecule has 1 aliphatic rings. The standard InChI is InChI=1S/C15H19N5O/c1-12-8-17-13(9-16-12)10-19-7-3-4-14(19)11-20-15(21)5-2-6-18-20/h2,5-6,8-9,14H,3-4,7,10-11H2,1H3. The van der Waals surface area contributed by atoms with Crippen LogP contribution in [-0.2, 0) is 13.1 Å². The van der Waals surface area contributed by atoms with E-state index in [2.05, 4.69) is 20.0 Å². The molecular formula is C15H19N5O. The van der Waals surface area contributed by atoms with Crippen LogP contribution in [0.1, 0.15) is 24.2 Å². The van der Waals surface area contributed by atoms with Crippen molar-refractivity contribution in [3.8, 4) is 0 Å². The van der Waals surface area contributed by atoms with E-state index in [0.29, 0.717) is 12.6 Å². The van der Waals surface area contributed by atoms with Crippen LogP contribution in [0.4, 0.5) is 0 Å². The van der Waals surface area contributed by atoms with Gasteiger partial charge in [-0.2, -0.15) is 5.10 Å². The maximum Gasteiger partial charge on any atom is 0.266 e. The average Bonchev–Trinajstić information content (AvgIpc) is 2.91. The Morgan fingerprint density at radius 2 is 2.24 bits per heavy atom. The van der Waals surface area contributed by atoms with Crippen molar-refractivity contribution in [3.63, 3.8) is 0 Å². The molecule has 3 rings (SSSR count). The summed E-state index contributed by atoms with van der Waals surface area (Å²) in [5, 5.41) is 4.14. The second-order valence-electron chi connectivity index (χ2n) is 5.46. The Kier molecular flexibility index (Phi) is 4.06. The molecule has 1 fully saturated rings. The van der Waals surface area contributed by atoms with Crippen molar-refractivity contribution in [1.29, 1.82) is 0 Å². The fraction of sp³-hybridized carbons (Fsp3) is 0.467. The highest BCUT2D eigenvalue weighted by Gasteiger charge is 2.25. The molecule has 2 aromatic heterocycles. The third-order valence-electron chi connectivity index (χ3n) is 3.87. The summed E-state index contributed by atoms with van der Waals surface area (Å²) in [7, 11) is 0. The Morgan fingerprint density at radius 1 is 1.33 bits per heavy atom. The summed E-state index contributed by atoms with van der Waals surface area (Å²) in [6.45, 7) is 4.38. The lowest BCUT2D eigenvalue weighted by molar-refractivity contribution is 0.214. The quantitative estimate of drug-likeness (QED) is 0.839. The lowest BCUT2D eigenvalue weighted by Gasteiger charge is -2.24. The van der Waals surface area contributed by atoms with E-state index in [-0.39, 0.29) is 5.56 Å². The summed E-state index contributed by atoms with van der Waals surface area (Å²) in [5.74, 6) is 0. The second kappa shape index (κ2) is 6.13. The van der Waals surface area contributed by atoms with E-state index in [0.717, 1.165) is 37.3 Å². The maximum atomic E-state index is 11.8. The fourth-order valence-corrected chi connectivity index (χ4v) is 2.74. The topological polar surface area (TPSA) is 63.9 Å². The van der Waals surface area contributed by atoms with Crippen LogP contribution in [0, 0.1) is 6.92 Å². The minimum absolute atomic E-state index is 0.0422. The third-order valence-corrected chi connectivity index (χ3v) is 3.87. The minimum Gasteiger partial charge on any atom is -0.293 e. The first-order valence-corrected chi connectivity index (χ1v) is 7.26. The summed E-state index contributed by atoms with van der Waals surface area (Å²) in [6, 6.07) is 3.56. The van der Waals surface area contributed by atoms with Crippen molar-refractivity contribution >= 4 is 0 Å². The predicted octanol–water partition coefficient (Wildman–Crippen LogP) is 1.01. The van der Waals surface area contributed by atoms with E-state index in [1.807, 2.05) is 13.1 Å². The maximum absolute atomic E-state index is 11.8. The first kappa shape index (κ1) is 13.9. The zero-order valence-corrected chi connectivity index (χ0v) is 12.1. The number of likely N-dealkylation sites (tertiary alicyclic amines) is 1. The number of aromatic nitrogens is 4. The van der Waals surface area contributed by atoms with Gasteiger partial charge in [-0.3, -0.25) is 19.7 Å². The molecule has 0 N–H and O–H groups in total. The van der Waals surface area contributed by atoms with E-state index in [1.54, 1.807) is 29.2 Å². The summed E-state index contributed by atoms with van der Waals surface area (Å²) < 4.78 is 1.55. The van der Waals surface area contributed by atoms with Crippen LogP contribution in [0.25, 0.3) is 0 Å². The molecule has 0 amide bonds. The number of hydrogen-bond donors (Lipinski definition) is 0. The fourth-order valence-electron chi connectivity index (χ4n) is 2.74. The molecule has 0 radical (unpaired) electrons. The summed E-state index contributed by atoms with van der Waals surface area (Å²) in [4.78, 5) is 22.8. The lowest BCUT2D eigenvalue weighted by Crippen LogP contribution is -2.36. The normalized spacial score (nSPS) is 19.0. The van der Waals surface area contributed by atoms with Gasteiger partial charge >= 0.3 is 0 Å². The molecule has 0 bridgehead atoms. The molecule has 110 valence electrons. The van der Waals surface area contributed by atoms with Crippen LogP contribution in [0.2, 0.25) is 0 Å². The Bertz CT molecular complexity index is 652. The van der Waals surface area contributed by atoms with E-state index < -0.39 is 0 Å². The monoisotopic (exact) mass is 285 g/mol. The van der Waals surface area contributed by atoms with Crippen LogP contribution >= 0.6 is 0 Å². The van der Waals surface area contributed by atoms with Crippen LogP contribution in [-0.4, -0.2) is 37.2 Å². The Morgan fingerprint density at radius 3 is 3.00 bits per heavy atom. The molecule has 0 aliphatic carbocycles. The second-order valence-corrected chi connectivity index (χ2v) is 5.46. The van der Waals surface area contributed by atoms with Crippen LogP contribution in [0.5, 0.6) is 0 Å². The van der Waals surface area contributed by atoms with Gasteiger partial charge in [0.2, 0.25) is 0 Å². The summed E-state index contributed by atoms with van der Waals surface area (Å²) in [5.41, 5.74) is 1.86. The number of hydrogen-bond acceptors (Lipinski definition) is 5. The highest BCUT2D eigenvalue weighted by Crippen LogP contribution is 2.20. The number of aryl methyl sites for hydroxylation is 1. The first-order chi connectivity index (χ1) is 10.2. The van der Waals surface area contributed by atoms with Gasteiger partial charge in [0.25, 0.3) is 5.56 Å². The summed E-state index contributed by atoms with van der Waals surface area (Å²) in [6.07, 6.45) is 7.52. The smallest absolute Gasteiger partial charge is 0.266 e. The van der Waals surface area contributed by atoms with E-state index >= 15 is 0 Å². The van der Waals surface area contributed by atoms with E-state index in [1.165, 1.54) is 0 Å². The van der Waals surface area contributed by atoms with Crippen molar-refractivity contribution in [2.24, 2.45) is 0 Å². The molecule has 1 aliphatic heterocycles. The molecule has 6 heteroatoms. The van der Waals surface area contributed by atoms with Crippen molar-refractivity contribution in [1.82, 2.24) is 24.6 Å². The van der Waals surface area contributed by atoms with Gasteiger partial charge in [-0.25, -0.2) is 4.68 Å². The zero-order chi connectivity index (χ0) is 14.7. The van der Waals surface area contributed by atoms with Gasteiger partial charge in [-0.1, -0.05) is 0 Å². The van der Waals surface area contributed by atoms with Crippen molar-refractivity contribution in [2.45, 2.75) is 38.9 Å². The predicted molar refractivity (Wildman–Crippen MR) is 78.7 cm³/mol. The molecular weight excluding hydrogens is 266 g/mol. The summed E-state index contributed by atoms with van der Waals surface area (Å²) >= 11 is 0. The lowest BCUT2D eigenvalue weighted by atomic mass is 10.2. The van der Waals surface area contributed by atoms with Crippen molar-refractivity contribution in [3.05, 3.63) is 52.5 Å². The van der Waals surface area contributed by atoms with Crippen LogP contribution in [0.3, 0.4) is 0 Å². The van der Waals surface area contributed by atoms with E-state index in [9.17, 15) is 4.79 Å². The Hall–Kier alpha value is -2.08. The molecule has 0 saturated carbocycles. The minimum atomic E-state index is -0.0422. The van der Waals surface area contributed by atoms with Gasteiger partial charge in [0.1, 0.15) is 0 Å². The molecule has 0 spiro atoms. The average molecular weight is 285 g/mol. The molecule has 1 unspecified atom stereocenters. The van der Waals surface area contributed by atoms with Gasteiger partial charge in [0, 0.05) is 37.2 Å². The van der Waals surface area contributed by atoms with E-state index in [4.69, 9.17) is 0 Å². The molecule has 3 heterocycles. The molecule has 1 atom stereocenters. The van der Waals surface area contributed by atoms with Gasteiger partial charge < -0.3 is 0 Å². The number of nitrogens with zero attached hydrogens (tertiary/aromatic N) is 5. The highest BCUT2D eigenvalue weighted by molar-refractivity contribution is 5.01. The zero-order valence-electron chi connectivity index (χ0n) is 12.1. The Labute approximate surface area is 123 Å². The molecule has 2 aromatic rings. The first-order valence-electron chi connectivity index (χ1n) is 7.26. The SMILES string of the molecule is Cc1cnc(CN2CCCC2Cn2ncccc2=O)cn1. The van der Waals surface area contributed by atoms with Gasteiger partial charge in [0.15, 0.2) is 0 Å². The largest absolute Gasteiger partial charge is 0.293 e.